The number of carbonyl (C=O) groups is 2. The maximum atomic E-state index is 14.9. The number of rotatable bonds is 4. The third kappa shape index (κ3) is 2.51. The fraction of sp³-hybridized carbons (Fsp3) is 0.474. The Labute approximate surface area is 156 Å². The minimum Gasteiger partial charge on any atom is -0.622 e. The molecular formula is C19H22FN3O4. The van der Waals surface area contributed by atoms with E-state index in [2.05, 4.69) is 0 Å². The van der Waals surface area contributed by atoms with Gasteiger partial charge in [-0.1, -0.05) is 6.92 Å². The Kier molecular flexibility index (Phi) is 3.76. The molecule has 1 aliphatic carbocycles. The molecule has 8 heteroatoms. The van der Waals surface area contributed by atoms with Crippen molar-refractivity contribution >= 4 is 23.1 Å². The number of carbonyl (C=O) groups excluding carboxylic acids is 1. The Morgan fingerprint density at radius 2 is 2.11 bits per heavy atom. The topological polar surface area (TPSA) is 107 Å². The molecule has 144 valence electrons. The molecule has 0 radical (unpaired) electrons. The third-order valence-corrected chi connectivity index (χ3v) is 5.90. The molecule has 0 bridgehead atoms. The van der Waals surface area contributed by atoms with Gasteiger partial charge in [-0.2, -0.15) is 0 Å². The number of carboxylic acid groups (broad SMARTS) is 1. The number of fused-ring (bicyclic) bond motifs is 1. The molecule has 0 spiro atoms. The molecule has 1 aromatic rings. The molecule has 2 fully saturated rings. The normalized spacial score (nSPS) is 26.3. The largest absolute Gasteiger partial charge is 0.622 e. The highest BCUT2D eigenvalue weighted by Gasteiger charge is 2.49. The number of hydrogen-bond donors (Lipinski definition) is 2. The minimum atomic E-state index is -1.46. The van der Waals surface area contributed by atoms with Crippen LogP contribution < -0.4 is 15.3 Å². The molecule has 1 saturated carbocycles. The van der Waals surface area contributed by atoms with Gasteiger partial charge in [0.15, 0.2) is 11.3 Å². The van der Waals surface area contributed by atoms with Crippen LogP contribution in [0.5, 0.6) is 0 Å². The van der Waals surface area contributed by atoms with Gasteiger partial charge in [-0.05, 0) is 13.0 Å². The van der Waals surface area contributed by atoms with E-state index in [4.69, 9.17) is 5.73 Å². The van der Waals surface area contributed by atoms with Crippen LogP contribution in [0.3, 0.4) is 0 Å². The van der Waals surface area contributed by atoms with E-state index in [1.54, 1.807) is 6.92 Å². The highest BCUT2D eigenvalue weighted by molar-refractivity contribution is 6.27. The third-order valence-electron chi connectivity index (χ3n) is 5.90. The number of quaternary nitrogens is 1. The molecule has 1 saturated heterocycles. The lowest BCUT2D eigenvalue weighted by Gasteiger charge is -2.50. The van der Waals surface area contributed by atoms with Gasteiger partial charge in [0.25, 0.3) is 0 Å². The van der Waals surface area contributed by atoms with Crippen molar-refractivity contribution in [3.63, 3.8) is 0 Å². The lowest BCUT2D eigenvalue weighted by molar-refractivity contribution is -0.132. The molecule has 3 N–H and O–H groups in total. The van der Waals surface area contributed by atoms with E-state index in [1.165, 1.54) is 0 Å². The fourth-order valence-electron chi connectivity index (χ4n) is 4.29. The summed E-state index contributed by atoms with van der Waals surface area (Å²) in [6.45, 7) is 5.25. The molecule has 27 heavy (non-hydrogen) atoms. The smallest absolute Gasteiger partial charge is 0.345 e. The van der Waals surface area contributed by atoms with E-state index in [9.17, 15) is 24.3 Å². The summed E-state index contributed by atoms with van der Waals surface area (Å²) in [4.78, 5) is 25.9. The van der Waals surface area contributed by atoms with E-state index >= 15 is 0 Å². The van der Waals surface area contributed by atoms with Crippen molar-refractivity contribution in [1.82, 2.24) is 4.65 Å². The zero-order valence-electron chi connectivity index (χ0n) is 15.3. The number of Topliss-reactive ketones (excluding diaryl/α,β-unsaturated/α-hetero) is 1. The highest BCUT2D eigenvalue weighted by Crippen LogP contribution is 2.49. The SMILES string of the molecule is Cc1c(N2CC(C)(CN)C2)c(F)cc2c1[N+]([O-])(C1CC1)C=C(C(=O)O)C2=O. The summed E-state index contributed by atoms with van der Waals surface area (Å²) in [5.41, 5.74) is 5.81. The number of carboxylic acids is 1. The molecule has 1 atom stereocenters. The quantitative estimate of drug-likeness (QED) is 0.474. The summed E-state index contributed by atoms with van der Waals surface area (Å²) < 4.78 is 13.9. The molecule has 4 rings (SSSR count). The van der Waals surface area contributed by atoms with Crippen LogP contribution in [0.25, 0.3) is 0 Å². The van der Waals surface area contributed by atoms with Crippen LogP contribution in [0.15, 0.2) is 17.8 Å². The zero-order valence-corrected chi connectivity index (χ0v) is 15.3. The van der Waals surface area contributed by atoms with Gasteiger partial charge in [0, 0.05) is 43.5 Å². The Bertz CT molecular complexity index is 903. The van der Waals surface area contributed by atoms with Crippen LogP contribution in [0.4, 0.5) is 15.8 Å². The van der Waals surface area contributed by atoms with Crippen molar-refractivity contribution in [2.24, 2.45) is 11.1 Å². The van der Waals surface area contributed by atoms with Crippen LogP contribution >= 0.6 is 0 Å². The number of benzene rings is 1. The van der Waals surface area contributed by atoms with Crippen LogP contribution in [0, 0.1) is 23.4 Å². The molecule has 3 aliphatic rings. The summed E-state index contributed by atoms with van der Waals surface area (Å²) in [6, 6.07) is 0.690. The number of halogens is 1. The molecular weight excluding hydrogens is 353 g/mol. The molecule has 1 aromatic carbocycles. The summed E-state index contributed by atoms with van der Waals surface area (Å²) in [5, 5.41) is 23.0. The van der Waals surface area contributed by atoms with Gasteiger partial charge in [0.05, 0.1) is 17.3 Å². The van der Waals surface area contributed by atoms with E-state index in [1.807, 2.05) is 11.8 Å². The second-order valence-electron chi connectivity index (χ2n) is 8.22. The maximum absolute atomic E-state index is 14.9. The fourth-order valence-corrected chi connectivity index (χ4v) is 4.29. The number of ketones is 1. The Balaban J connectivity index is 1.88. The van der Waals surface area contributed by atoms with E-state index < -0.39 is 27.8 Å². The number of anilines is 1. The Hall–Kier alpha value is -2.29. The van der Waals surface area contributed by atoms with Crippen LogP contribution in [0.1, 0.15) is 35.7 Å². The number of hydrogen-bond acceptors (Lipinski definition) is 5. The monoisotopic (exact) mass is 375 g/mol. The zero-order chi connectivity index (χ0) is 19.7. The first-order valence-corrected chi connectivity index (χ1v) is 9.00. The summed E-state index contributed by atoms with van der Waals surface area (Å²) in [6.07, 6.45) is 2.27. The standard InChI is InChI=1S/C19H22FN3O4/c1-10-15(22-8-19(2,7-21)9-22)14(20)5-12-16(10)23(27,11-3-4-11)6-13(17(12)24)18(25)26/h5-6,11H,3-4,7-9,21H2,1-2H3,(H,25,26). The maximum Gasteiger partial charge on any atom is 0.345 e. The minimum absolute atomic E-state index is 0.110. The Morgan fingerprint density at radius 1 is 1.48 bits per heavy atom. The van der Waals surface area contributed by atoms with Gasteiger partial charge in [-0.25, -0.2) is 9.18 Å². The van der Waals surface area contributed by atoms with E-state index in [-0.39, 0.29) is 22.7 Å². The molecule has 7 nitrogen and oxygen atoms in total. The molecule has 0 aromatic heterocycles. The molecule has 0 amide bonds. The van der Waals surface area contributed by atoms with Crippen LogP contribution in [-0.2, 0) is 4.79 Å². The first kappa shape index (κ1) is 18.1. The summed E-state index contributed by atoms with van der Waals surface area (Å²) >= 11 is 0. The van der Waals surface area contributed by atoms with Crippen molar-refractivity contribution in [2.45, 2.75) is 32.7 Å². The molecule has 1 unspecified atom stereocenters. The van der Waals surface area contributed by atoms with Crippen molar-refractivity contribution in [2.75, 3.05) is 24.5 Å². The second kappa shape index (κ2) is 5.60. The van der Waals surface area contributed by atoms with Crippen molar-refractivity contribution in [3.05, 3.63) is 40.0 Å². The summed E-state index contributed by atoms with van der Waals surface area (Å²) in [7, 11) is 0. The number of hydroxylamine groups is 2. The lowest BCUT2D eigenvalue weighted by Crippen LogP contribution is -2.59. The number of nitrogens with two attached hydrogens (primary N) is 1. The number of nitrogens with zero attached hydrogens (tertiary/aromatic N) is 2. The van der Waals surface area contributed by atoms with Crippen molar-refractivity contribution < 1.29 is 19.1 Å². The van der Waals surface area contributed by atoms with Gasteiger partial charge >= 0.3 is 5.97 Å². The van der Waals surface area contributed by atoms with Gasteiger partial charge in [-0.3, -0.25) is 9.44 Å². The first-order valence-electron chi connectivity index (χ1n) is 9.00. The van der Waals surface area contributed by atoms with E-state index in [0.717, 1.165) is 12.3 Å². The highest BCUT2D eigenvalue weighted by atomic mass is 19.1. The van der Waals surface area contributed by atoms with Gasteiger partial charge in [0.1, 0.15) is 12.0 Å². The Morgan fingerprint density at radius 3 is 2.63 bits per heavy atom. The summed E-state index contributed by atoms with van der Waals surface area (Å²) in [5.74, 6) is -2.90. The molecule has 2 heterocycles. The van der Waals surface area contributed by atoms with Crippen molar-refractivity contribution in [1.29, 1.82) is 0 Å². The first-order chi connectivity index (χ1) is 12.6. The van der Waals surface area contributed by atoms with Crippen molar-refractivity contribution in [3.8, 4) is 0 Å². The van der Waals surface area contributed by atoms with E-state index in [0.29, 0.717) is 43.7 Å². The molecule has 2 aliphatic heterocycles. The number of aliphatic carboxylic acids is 1. The predicted molar refractivity (Wildman–Crippen MR) is 98.7 cm³/mol. The van der Waals surface area contributed by atoms with Crippen LogP contribution in [-0.4, -0.2) is 42.5 Å². The van der Waals surface area contributed by atoms with Gasteiger partial charge in [-0.15, -0.1) is 0 Å². The average molecular weight is 375 g/mol. The van der Waals surface area contributed by atoms with Crippen LogP contribution in [0.2, 0.25) is 0 Å². The van der Waals surface area contributed by atoms with Gasteiger partial charge < -0.3 is 20.9 Å². The average Bonchev–Trinajstić information content (AvgIpc) is 3.41. The lowest BCUT2D eigenvalue weighted by atomic mass is 9.81. The predicted octanol–water partition coefficient (Wildman–Crippen LogP) is 2.05. The van der Waals surface area contributed by atoms with Gasteiger partial charge in [0.2, 0.25) is 5.78 Å². The second-order valence-corrected chi connectivity index (χ2v) is 8.22.